The summed E-state index contributed by atoms with van der Waals surface area (Å²) in [6.45, 7) is 7.19. The number of hydrogen-bond donors (Lipinski definition) is 2. The molecule has 0 atom stereocenters. The summed E-state index contributed by atoms with van der Waals surface area (Å²) < 4.78 is 5.05. The fourth-order valence-electron chi connectivity index (χ4n) is 3.22. The number of benzene rings is 1. The highest BCUT2D eigenvalue weighted by molar-refractivity contribution is 6.03. The molecule has 0 bridgehead atoms. The van der Waals surface area contributed by atoms with E-state index in [9.17, 15) is 9.59 Å². The van der Waals surface area contributed by atoms with Gasteiger partial charge in [0.05, 0.1) is 6.61 Å². The molecule has 8 nitrogen and oxygen atoms in total. The highest BCUT2D eigenvalue weighted by Gasteiger charge is 2.24. The third-order valence-electron chi connectivity index (χ3n) is 4.75. The van der Waals surface area contributed by atoms with Crippen LogP contribution in [0.25, 0.3) is 0 Å². The van der Waals surface area contributed by atoms with Crippen LogP contribution in [-0.2, 0) is 4.74 Å². The maximum atomic E-state index is 12.6. The summed E-state index contributed by atoms with van der Waals surface area (Å²) in [6, 6.07) is 9.43. The number of rotatable bonds is 5. The van der Waals surface area contributed by atoms with Gasteiger partial charge in [0, 0.05) is 30.9 Å². The van der Waals surface area contributed by atoms with E-state index in [0.717, 1.165) is 24.1 Å². The Morgan fingerprint density at radius 1 is 1.14 bits per heavy atom. The second-order valence-corrected chi connectivity index (χ2v) is 7.11. The third-order valence-corrected chi connectivity index (χ3v) is 4.75. The topological polar surface area (TPSA) is 96.5 Å². The van der Waals surface area contributed by atoms with Gasteiger partial charge in [-0.15, -0.1) is 0 Å². The number of nitrogens with one attached hydrogen (secondary N) is 2. The van der Waals surface area contributed by atoms with Crippen LogP contribution in [0.1, 0.15) is 41.6 Å². The Labute approximate surface area is 170 Å². The lowest BCUT2D eigenvalue weighted by Gasteiger charge is -2.31. The van der Waals surface area contributed by atoms with E-state index in [0.29, 0.717) is 37.0 Å². The molecule has 3 rings (SSSR count). The molecule has 0 spiro atoms. The molecule has 29 heavy (non-hydrogen) atoms. The Morgan fingerprint density at radius 2 is 1.83 bits per heavy atom. The number of aryl methyl sites for hydroxylation is 2. The van der Waals surface area contributed by atoms with Gasteiger partial charge in [0.1, 0.15) is 17.3 Å². The smallest absolute Gasteiger partial charge is 0.409 e. The average molecular weight is 397 g/mol. The summed E-state index contributed by atoms with van der Waals surface area (Å²) in [7, 11) is 0. The number of hydrogen-bond acceptors (Lipinski definition) is 6. The number of piperidine rings is 1. The van der Waals surface area contributed by atoms with Crippen molar-refractivity contribution in [1.82, 2.24) is 14.9 Å². The quantitative estimate of drug-likeness (QED) is 0.803. The van der Waals surface area contributed by atoms with Gasteiger partial charge in [0.2, 0.25) is 0 Å². The Hall–Kier alpha value is -3.16. The fraction of sp³-hybridized carbons (Fsp3) is 0.429. The van der Waals surface area contributed by atoms with Gasteiger partial charge in [0.15, 0.2) is 0 Å². The number of carbonyl (C=O) groups is 2. The molecule has 1 aromatic carbocycles. The van der Waals surface area contributed by atoms with Crippen LogP contribution in [0.4, 0.5) is 16.3 Å². The van der Waals surface area contributed by atoms with Crippen molar-refractivity contribution >= 4 is 23.5 Å². The van der Waals surface area contributed by atoms with Gasteiger partial charge in [-0.1, -0.05) is 17.7 Å². The predicted octanol–water partition coefficient (Wildman–Crippen LogP) is 3.38. The van der Waals surface area contributed by atoms with Crippen molar-refractivity contribution in [2.24, 2.45) is 0 Å². The first-order valence-electron chi connectivity index (χ1n) is 9.86. The molecule has 154 valence electrons. The Kier molecular flexibility index (Phi) is 6.64. The maximum absolute atomic E-state index is 12.6. The van der Waals surface area contributed by atoms with Crippen LogP contribution in [0, 0.1) is 13.8 Å². The molecule has 1 aliphatic rings. The molecule has 0 saturated carbocycles. The first-order valence-corrected chi connectivity index (χ1v) is 9.86. The molecule has 1 aromatic heterocycles. The standard InChI is InChI=1S/C21H27N5O3/c1-4-29-21(28)26-11-9-17(10-12-26)24-19-13-18(22-15(3)23-19)20(27)25-16-7-5-14(2)6-8-16/h5-8,13,17H,4,9-12H2,1-3H3,(H,25,27)(H,22,23,24). The molecule has 8 heteroatoms. The number of aromatic nitrogens is 2. The summed E-state index contributed by atoms with van der Waals surface area (Å²) in [5.74, 6) is 0.855. The van der Waals surface area contributed by atoms with E-state index >= 15 is 0 Å². The van der Waals surface area contributed by atoms with Crippen LogP contribution in [0.2, 0.25) is 0 Å². The average Bonchev–Trinajstić information content (AvgIpc) is 2.70. The number of ether oxygens (including phenoxy) is 1. The first kappa shape index (κ1) is 20.6. The van der Waals surface area contributed by atoms with Crippen LogP contribution in [-0.4, -0.2) is 52.6 Å². The van der Waals surface area contributed by atoms with Crippen LogP contribution in [0.3, 0.4) is 0 Å². The molecule has 0 unspecified atom stereocenters. The molecule has 2 N–H and O–H groups in total. The number of nitrogens with zero attached hydrogens (tertiary/aromatic N) is 3. The molecule has 0 aliphatic carbocycles. The molecule has 1 aliphatic heterocycles. The van der Waals surface area contributed by atoms with Gasteiger partial charge in [-0.3, -0.25) is 4.79 Å². The Balaban J connectivity index is 1.61. The van der Waals surface area contributed by atoms with Gasteiger partial charge in [0.25, 0.3) is 5.91 Å². The lowest BCUT2D eigenvalue weighted by Crippen LogP contribution is -2.42. The number of likely N-dealkylation sites (tertiary alicyclic amines) is 1. The van der Waals surface area contributed by atoms with E-state index in [-0.39, 0.29) is 18.0 Å². The zero-order valence-corrected chi connectivity index (χ0v) is 17.1. The van der Waals surface area contributed by atoms with E-state index < -0.39 is 0 Å². The van der Waals surface area contributed by atoms with Gasteiger partial charge < -0.3 is 20.3 Å². The fourth-order valence-corrected chi connectivity index (χ4v) is 3.22. The molecule has 0 radical (unpaired) electrons. The minimum atomic E-state index is -0.278. The normalized spacial score (nSPS) is 14.4. The second kappa shape index (κ2) is 9.36. The van der Waals surface area contributed by atoms with Crippen molar-refractivity contribution in [3.63, 3.8) is 0 Å². The van der Waals surface area contributed by atoms with Crippen molar-refractivity contribution < 1.29 is 14.3 Å². The van der Waals surface area contributed by atoms with Crippen molar-refractivity contribution in [1.29, 1.82) is 0 Å². The molecule has 2 heterocycles. The molecule has 1 saturated heterocycles. The van der Waals surface area contributed by atoms with Gasteiger partial charge in [-0.25, -0.2) is 14.8 Å². The summed E-state index contributed by atoms with van der Waals surface area (Å²) in [6.07, 6.45) is 1.30. The zero-order valence-electron chi connectivity index (χ0n) is 17.1. The second-order valence-electron chi connectivity index (χ2n) is 7.11. The lowest BCUT2D eigenvalue weighted by molar-refractivity contribution is 0.0980. The zero-order chi connectivity index (χ0) is 20.8. The first-order chi connectivity index (χ1) is 13.9. The van der Waals surface area contributed by atoms with E-state index in [1.165, 1.54) is 0 Å². The molecule has 1 fully saturated rings. The number of amides is 2. The van der Waals surface area contributed by atoms with E-state index in [1.54, 1.807) is 24.8 Å². The van der Waals surface area contributed by atoms with Crippen LogP contribution >= 0.6 is 0 Å². The van der Waals surface area contributed by atoms with Crippen LogP contribution in [0.15, 0.2) is 30.3 Å². The summed E-state index contributed by atoms with van der Waals surface area (Å²) in [5.41, 5.74) is 2.16. The highest BCUT2D eigenvalue weighted by Crippen LogP contribution is 2.18. The van der Waals surface area contributed by atoms with E-state index in [2.05, 4.69) is 20.6 Å². The molecule has 2 aromatic rings. The predicted molar refractivity (Wildman–Crippen MR) is 111 cm³/mol. The summed E-state index contributed by atoms with van der Waals surface area (Å²) in [5, 5.41) is 6.23. The van der Waals surface area contributed by atoms with E-state index in [4.69, 9.17) is 4.74 Å². The van der Waals surface area contributed by atoms with Crippen molar-refractivity contribution in [2.75, 3.05) is 30.3 Å². The molecular weight excluding hydrogens is 370 g/mol. The number of anilines is 2. The van der Waals surface area contributed by atoms with Gasteiger partial charge in [-0.2, -0.15) is 0 Å². The largest absolute Gasteiger partial charge is 0.450 e. The Bertz CT molecular complexity index is 861. The lowest BCUT2D eigenvalue weighted by atomic mass is 10.1. The van der Waals surface area contributed by atoms with Crippen molar-refractivity contribution in [3.8, 4) is 0 Å². The minimum Gasteiger partial charge on any atom is -0.450 e. The Morgan fingerprint density at radius 3 is 2.48 bits per heavy atom. The van der Waals surface area contributed by atoms with Crippen molar-refractivity contribution in [2.45, 2.75) is 39.7 Å². The van der Waals surface area contributed by atoms with Crippen molar-refractivity contribution in [3.05, 3.63) is 47.4 Å². The van der Waals surface area contributed by atoms with Crippen LogP contribution < -0.4 is 10.6 Å². The summed E-state index contributed by atoms with van der Waals surface area (Å²) in [4.78, 5) is 34.8. The van der Waals surface area contributed by atoms with Gasteiger partial charge in [-0.05, 0) is 45.7 Å². The molecule has 2 amide bonds. The highest BCUT2D eigenvalue weighted by atomic mass is 16.6. The van der Waals surface area contributed by atoms with Crippen LogP contribution in [0.5, 0.6) is 0 Å². The maximum Gasteiger partial charge on any atom is 0.409 e. The van der Waals surface area contributed by atoms with E-state index in [1.807, 2.05) is 31.2 Å². The number of carbonyl (C=O) groups excluding carboxylic acids is 2. The summed E-state index contributed by atoms with van der Waals surface area (Å²) >= 11 is 0. The molecular formula is C21H27N5O3. The monoisotopic (exact) mass is 397 g/mol. The third kappa shape index (κ3) is 5.66. The minimum absolute atomic E-state index is 0.169. The SMILES string of the molecule is CCOC(=O)N1CCC(Nc2cc(C(=O)Nc3ccc(C)cc3)nc(C)n2)CC1. The van der Waals surface area contributed by atoms with Gasteiger partial charge >= 0.3 is 6.09 Å².